The molecule has 4 nitrogen and oxygen atoms in total. The quantitative estimate of drug-likeness (QED) is 0.609. The first kappa shape index (κ1) is 19.1. The van der Waals surface area contributed by atoms with E-state index in [9.17, 15) is 4.39 Å². The van der Waals surface area contributed by atoms with E-state index in [1.807, 2.05) is 17.8 Å². The highest BCUT2D eigenvalue weighted by atomic mass is 32.2. The topological polar surface area (TPSA) is 45.7 Å². The van der Waals surface area contributed by atoms with Crippen molar-refractivity contribution in [2.24, 2.45) is 4.99 Å². The Labute approximate surface area is 148 Å². The maximum Gasteiger partial charge on any atom is 0.191 e. The monoisotopic (exact) mass is 353 g/mol. The molecule has 0 aliphatic carbocycles. The van der Waals surface area contributed by atoms with Gasteiger partial charge in [-0.25, -0.2) is 9.38 Å². The van der Waals surface area contributed by atoms with Gasteiger partial charge in [-0.3, -0.25) is 0 Å². The van der Waals surface area contributed by atoms with E-state index in [1.54, 1.807) is 13.0 Å². The van der Waals surface area contributed by atoms with Crippen LogP contribution in [0.3, 0.4) is 0 Å². The zero-order valence-corrected chi connectivity index (χ0v) is 15.6. The molecule has 2 N–H and O–H groups in total. The lowest BCUT2D eigenvalue weighted by Gasteiger charge is -2.36. The van der Waals surface area contributed by atoms with Crippen LogP contribution in [-0.2, 0) is 11.3 Å². The van der Waals surface area contributed by atoms with Crippen molar-refractivity contribution in [3.63, 3.8) is 0 Å². The largest absolute Gasteiger partial charge is 0.381 e. The zero-order valence-electron chi connectivity index (χ0n) is 14.8. The van der Waals surface area contributed by atoms with Crippen molar-refractivity contribution in [1.29, 1.82) is 0 Å². The predicted molar refractivity (Wildman–Crippen MR) is 100 cm³/mol. The molecule has 1 aromatic carbocycles. The van der Waals surface area contributed by atoms with Crippen molar-refractivity contribution in [1.82, 2.24) is 10.6 Å². The van der Waals surface area contributed by atoms with Crippen molar-refractivity contribution >= 4 is 17.7 Å². The summed E-state index contributed by atoms with van der Waals surface area (Å²) in [5.74, 6) is 0.633. The number of rotatable bonds is 6. The average Bonchev–Trinajstić information content (AvgIpc) is 2.61. The Balaban J connectivity index is 1.98. The molecule has 6 heteroatoms. The molecule has 0 unspecified atom stereocenters. The zero-order chi connectivity index (χ0) is 17.4. The average molecular weight is 354 g/mol. The van der Waals surface area contributed by atoms with Crippen LogP contribution in [0.15, 0.2) is 23.2 Å². The molecule has 1 saturated heterocycles. The van der Waals surface area contributed by atoms with Crippen molar-refractivity contribution in [2.45, 2.75) is 38.0 Å². The number of halogens is 1. The van der Waals surface area contributed by atoms with Gasteiger partial charge < -0.3 is 15.4 Å². The summed E-state index contributed by atoms with van der Waals surface area (Å²) in [7, 11) is 0. The maximum atomic E-state index is 13.4. The van der Waals surface area contributed by atoms with Crippen LogP contribution in [0.25, 0.3) is 0 Å². The number of nitrogens with zero attached hydrogens (tertiary/aromatic N) is 1. The van der Waals surface area contributed by atoms with E-state index >= 15 is 0 Å². The van der Waals surface area contributed by atoms with Crippen LogP contribution < -0.4 is 10.6 Å². The summed E-state index contributed by atoms with van der Waals surface area (Å²) in [6.07, 6.45) is 4.27. The third-order valence-corrected chi connectivity index (χ3v) is 5.82. The summed E-state index contributed by atoms with van der Waals surface area (Å²) < 4.78 is 19.1. The van der Waals surface area contributed by atoms with E-state index in [4.69, 9.17) is 4.74 Å². The molecule has 1 heterocycles. The molecule has 0 amide bonds. The normalized spacial score (nSPS) is 17.6. The number of hydrogen-bond acceptors (Lipinski definition) is 3. The fraction of sp³-hybridized carbons (Fsp3) is 0.611. The van der Waals surface area contributed by atoms with Crippen molar-refractivity contribution in [2.75, 3.05) is 32.6 Å². The fourth-order valence-electron chi connectivity index (χ4n) is 2.76. The summed E-state index contributed by atoms with van der Waals surface area (Å²) in [4.78, 5) is 4.64. The van der Waals surface area contributed by atoms with Crippen molar-refractivity contribution in [3.05, 3.63) is 35.1 Å². The third kappa shape index (κ3) is 5.38. The summed E-state index contributed by atoms with van der Waals surface area (Å²) in [6, 6.07) is 5.15. The van der Waals surface area contributed by atoms with Gasteiger partial charge in [-0.1, -0.05) is 12.1 Å². The lowest BCUT2D eigenvalue weighted by atomic mass is 9.99. The molecule has 0 bridgehead atoms. The van der Waals surface area contributed by atoms with Gasteiger partial charge in [0.25, 0.3) is 0 Å². The summed E-state index contributed by atoms with van der Waals surface area (Å²) in [5.41, 5.74) is 1.67. The molecule has 0 radical (unpaired) electrons. The van der Waals surface area contributed by atoms with E-state index in [0.717, 1.165) is 50.7 Å². The Hall–Kier alpha value is -1.27. The minimum Gasteiger partial charge on any atom is -0.381 e. The molecule has 0 saturated carbocycles. The van der Waals surface area contributed by atoms with Gasteiger partial charge in [0.2, 0.25) is 0 Å². The lowest BCUT2D eigenvalue weighted by Crippen LogP contribution is -2.47. The number of benzene rings is 1. The molecule has 0 spiro atoms. The number of hydrogen-bond donors (Lipinski definition) is 2. The molecule has 1 aliphatic rings. The molecule has 0 atom stereocenters. The van der Waals surface area contributed by atoms with Crippen molar-refractivity contribution in [3.8, 4) is 0 Å². The standard InChI is InChI=1S/C18H28FN3OS/c1-4-20-17(21-12-15-5-6-16(19)14(2)11-15)22-13-18(24-3)7-9-23-10-8-18/h5-6,11H,4,7-10,12-13H2,1-3H3,(H2,20,21,22). The highest BCUT2D eigenvalue weighted by Crippen LogP contribution is 2.32. The molecular weight excluding hydrogens is 325 g/mol. The van der Waals surface area contributed by atoms with Crippen LogP contribution in [0.4, 0.5) is 4.39 Å². The Kier molecular flexibility index (Phi) is 7.37. The number of aryl methyl sites for hydroxylation is 1. The fourth-order valence-corrected chi connectivity index (χ4v) is 3.55. The Morgan fingerprint density at radius 1 is 1.33 bits per heavy atom. The van der Waals surface area contributed by atoms with Crippen LogP contribution in [0.2, 0.25) is 0 Å². The minimum absolute atomic E-state index is 0.172. The molecular formula is C18H28FN3OS. The predicted octanol–water partition coefficient (Wildman–Crippen LogP) is 3.10. The van der Waals surface area contributed by atoms with Crippen LogP contribution in [0, 0.1) is 12.7 Å². The van der Waals surface area contributed by atoms with E-state index in [-0.39, 0.29) is 10.6 Å². The van der Waals surface area contributed by atoms with Crippen LogP contribution in [-0.4, -0.2) is 43.3 Å². The molecule has 2 rings (SSSR count). The smallest absolute Gasteiger partial charge is 0.191 e. The Bertz CT molecular complexity index is 559. The third-order valence-electron chi connectivity index (χ3n) is 4.40. The summed E-state index contributed by atoms with van der Waals surface area (Å²) in [5, 5.41) is 6.75. The van der Waals surface area contributed by atoms with Gasteiger partial charge in [0, 0.05) is 31.1 Å². The molecule has 24 heavy (non-hydrogen) atoms. The second kappa shape index (κ2) is 9.28. The molecule has 1 aliphatic heterocycles. The number of ether oxygens (including phenoxy) is 1. The molecule has 1 fully saturated rings. The van der Waals surface area contributed by atoms with Crippen LogP contribution in [0.1, 0.15) is 30.9 Å². The van der Waals surface area contributed by atoms with Gasteiger partial charge in [-0.05, 0) is 50.1 Å². The summed E-state index contributed by atoms with van der Waals surface area (Å²) >= 11 is 1.90. The van der Waals surface area contributed by atoms with Crippen LogP contribution in [0.5, 0.6) is 0 Å². The second-order valence-electron chi connectivity index (χ2n) is 6.13. The molecule has 134 valence electrons. The van der Waals surface area contributed by atoms with Gasteiger partial charge in [-0.2, -0.15) is 11.8 Å². The van der Waals surface area contributed by atoms with E-state index in [1.165, 1.54) is 6.07 Å². The van der Waals surface area contributed by atoms with Gasteiger partial charge in [-0.15, -0.1) is 0 Å². The van der Waals surface area contributed by atoms with E-state index < -0.39 is 0 Å². The molecule has 0 aromatic heterocycles. The van der Waals surface area contributed by atoms with E-state index in [0.29, 0.717) is 12.1 Å². The minimum atomic E-state index is -0.172. The van der Waals surface area contributed by atoms with Gasteiger partial charge in [0.05, 0.1) is 6.54 Å². The van der Waals surface area contributed by atoms with Gasteiger partial charge in [0.1, 0.15) is 5.82 Å². The van der Waals surface area contributed by atoms with E-state index in [2.05, 4.69) is 28.8 Å². The maximum absolute atomic E-state index is 13.4. The van der Waals surface area contributed by atoms with Crippen LogP contribution >= 0.6 is 11.8 Å². The Morgan fingerprint density at radius 2 is 2.08 bits per heavy atom. The first-order valence-electron chi connectivity index (χ1n) is 8.49. The van der Waals surface area contributed by atoms with Gasteiger partial charge in [0.15, 0.2) is 5.96 Å². The van der Waals surface area contributed by atoms with Crippen molar-refractivity contribution < 1.29 is 9.13 Å². The lowest BCUT2D eigenvalue weighted by molar-refractivity contribution is 0.0783. The highest BCUT2D eigenvalue weighted by molar-refractivity contribution is 8.00. The Morgan fingerprint density at radius 3 is 2.71 bits per heavy atom. The highest BCUT2D eigenvalue weighted by Gasteiger charge is 2.31. The first-order valence-corrected chi connectivity index (χ1v) is 9.71. The number of guanidine groups is 1. The SMILES string of the molecule is CCNC(=NCc1ccc(F)c(C)c1)NCC1(SC)CCOCC1. The first-order chi connectivity index (χ1) is 11.6. The number of aliphatic imine (C=N–C) groups is 1. The summed E-state index contributed by atoms with van der Waals surface area (Å²) in [6.45, 7) is 7.69. The second-order valence-corrected chi connectivity index (χ2v) is 7.41. The molecule has 1 aromatic rings. The number of nitrogens with one attached hydrogen (secondary N) is 2. The number of thioether (sulfide) groups is 1. The van der Waals surface area contributed by atoms with Gasteiger partial charge >= 0.3 is 0 Å².